The number of rotatable bonds is 21. The molecular formula is C84H112FN13O20S. The van der Waals surface area contributed by atoms with Crippen LogP contribution < -0.4 is 48.7 Å². The number of likely N-dealkylation sites (N-methyl/N-ethyl adjacent to an activating group) is 2. The molecule has 0 unspecified atom stereocenters. The zero-order valence-electron chi connectivity index (χ0n) is 68.2. The molecule has 2 aliphatic heterocycles. The van der Waals surface area contributed by atoms with Crippen LogP contribution in [-0.4, -0.2) is 247 Å². The molecule has 35 heteroatoms. The van der Waals surface area contributed by atoms with E-state index in [1.54, 1.807) is 68.4 Å². The topological polar surface area (TPSA) is 524 Å². The second-order valence-electron chi connectivity index (χ2n) is 30.8. The van der Waals surface area contributed by atoms with Crippen LogP contribution in [0, 0.1) is 40.8 Å². The van der Waals surface area contributed by atoms with E-state index in [2.05, 4.69) is 37.2 Å². The fourth-order valence-corrected chi connectivity index (χ4v) is 14.9. The Morgan fingerprint density at radius 1 is 0.580 bits per heavy atom. The number of aliphatic hydroxyl groups is 3. The highest BCUT2D eigenvalue weighted by atomic mass is 32.2. The SMILES string of the molecule is CC(C)[C@@H]1CC(=O)[C@H](Cc2ccccc2)NC(=O)CSC[C@@H](C(=O)NCC(N)=O)NC(=O)[C@@H]2CCCN2C(=O)[C@H](CCCCC(=N)N)NC(=O)[C@H](CC(=O)O)CC(=O)[C@H](C)N(C)C(=O)[C@H](Cc2cccc(F)c2)CC(=O)[C@H](C)N(C)C(=O)[C@H](Cc2ccc(-c3ccccc3)cc2)NC(=O)[C@H]([C@@H](C)O)NC(=O)[C@H]([C@@H](C)O)CC(=O)[C@H](CO)NC1=O. The number of thioether (sulfide) groups is 1. The molecule has 2 aliphatic rings. The van der Waals surface area contributed by atoms with E-state index in [-0.39, 0.29) is 81.5 Å². The highest BCUT2D eigenvalue weighted by molar-refractivity contribution is 8.00. The van der Waals surface area contributed by atoms with E-state index in [9.17, 15) is 96.7 Å². The number of carbonyl (C=O) groups is 16. The number of benzene rings is 4. The van der Waals surface area contributed by atoms with E-state index in [0.29, 0.717) is 11.1 Å². The second kappa shape index (κ2) is 46.8. The summed E-state index contributed by atoms with van der Waals surface area (Å²) in [5, 5.41) is 68.7. The minimum Gasteiger partial charge on any atom is -0.481 e. The fraction of sp³-hybridized carbons (Fsp3) is 0.512. The largest absolute Gasteiger partial charge is 0.481 e. The average molecular weight is 1670 g/mol. The zero-order valence-corrected chi connectivity index (χ0v) is 69.0. The minimum absolute atomic E-state index is 0.00184. The van der Waals surface area contributed by atoms with Gasteiger partial charge in [-0.25, -0.2) is 4.39 Å². The molecule has 0 saturated carbocycles. The Labute approximate surface area is 694 Å². The number of hydrogen-bond acceptors (Lipinski definition) is 21. The summed E-state index contributed by atoms with van der Waals surface area (Å²) >= 11 is 0.803. The number of aliphatic hydroxyl groups excluding tert-OH is 3. The van der Waals surface area contributed by atoms with Crippen LogP contribution in [0.4, 0.5) is 4.39 Å². The number of unbranched alkanes of at least 4 members (excludes halogenated alkanes) is 1. The first kappa shape index (κ1) is 96.7. The van der Waals surface area contributed by atoms with Crippen molar-refractivity contribution < 1.29 is 102 Å². The maximum atomic E-state index is 15.1. The van der Waals surface area contributed by atoms with Gasteiger partial charge in [0.25, 0.3) is 0 Å². The van der Waals surface area contributed by atoms with E-state index >= 15 is 4.79 Å². The number of amides is 11. The molecule has 33 nitrogen and oxygen atoms in total. The smallest absolute Gasteiger partial charge is 0.304 e. The molecule has 646 valence electrons. The number of nitrogens with zero attached hydrogens (tertiary/aromatic N) is 3. The molecule has 0 radical (unpaired) electrons. The summed E-state index contributed by atoms with van der Waals surface area (Å²) in [6, 6.07) is 15.7. The number of nitrogens with one attached hydrogen (secondary N) is 8. The molecule has 6 rings (SSSR count). The maximum absolute atomic E-state index is 15.1. The van der Waals surface area contributed by atoms with Gasteiger partial charge in [-0.2, -0.15) is 0 Å². The number of halogens is 1. The number of carbonyl (C=O) groups excluding carboxylic acids is 15. The van der Waals surface area contributed by atoms with E-state index in [0.717, 1.165) is 63.6 Å². The Balaban J connectivity index is 1.41. The van der Waals surface area contributed by atoms with Gasteiger partial charge in [0.05, 0.1) is 73.3 Å². The molecule has 119 heavy (non-hydrogen) atoms. The summed E-state index contributed by atoms with van der Waals surface area (Å²) in [6.45, 7) is 6.24. The van der Waals surface area contributed by atoms with Crippen molar-refractivity contribution in [2.75, 3.05) is 45.3 Å². The maximum Gasteiger partial charge on any atom is 0.304 e. The van der Waals surface area contributed by atoms with Gasteiger partial charge in [0.15, 0.2) is 23.1 Å². The Bertz CT molecular complexity index is 4270. The normalized spacial score (nSPS) is 25.0. The van der Waals surface area contributed by atoms with Crippen LogP contribution in [0.3, 0.4) is 0 Å². The van der Waals surface area contributed by atoms with Crippen molar-refractivity contribution in [2.24, 2.45) is 41.1 Å². The van der Waals surface area contributed by atoms with Gasteiger partial charge in [-0.15, -0.1) is 11.8 Å². The monoisotopic (exact) mass is 1670 g/mol. The molecule has 0 aliphatic carbocycles. The van der Waals surface area contributed by atoms with Crippen molar-refractivity contribution in [3.05, 3.63) is 132 Å². The van der Waals surface area contributed by atoms with Gasteiger partial charge < -0.3 is 83.8 Å². The average Bonchev–Trinajstić information content (AvgIpc) is 1.51. The number of aliphatic carboxylic acids is 1. The summed E-state index contributed by atoms with van der Waals surface area (Å²) < 4.78 is 14.9. The lowest BCUT2D eigenvalue weighted by Gasteiger charge is -2.32. The van der Waals surface area contributed by atoms with Crippen molar-refractivity contribution in [3.8, 4) is 11.1 Å². The molecule has 4 aromatic carbocycles. The highest BCUT2D eigenvalue weighted by Gasteiger charge is 2.43. The molecule has 16 N–H and O–H groups in total. The van der Waals surface area contributed by atoms with Gasteiger partial charge in [-0.05, 0) is 112 Å². The van der Waals surface area contributed by atoms with Crippen LogP contribution in [0.15, 0.2) is 109 Å². The van der Waals surface area contributed by atoms with Gasteiger partial charge in [-0.3, -0.25) is 82.1 Å². The lowest BCUT2D eigenvalue weighted by Crippen LogP contribution is -2.59. The summed E-state index contributed by atoms with van der Waals surface area (Å²) in [5.41, 5.74) is 13.9. The van der Waals surface area contributed by atoms with Crippen molar-refractivity contribution in [1.82, 2.24) is 51.9 Å². The molecule has 4 aromatic rings. The standard InChI is InChI=1S/C84H112FN13O20S/c1-46(2)59-40-69(104)62(35-51-19-11-9-12-20-51)90-73(107)45-119-44-65(79(113)89-42-72(88)106)94-80(114)66-26-18-32-98(66)84(118)61(25-15-16-27-71(86)87)91-76(110)56(39-74(108)109)37-67(102)47(3)96(7)82(116)57(33-53-21-17-24-58(85)34-53)38-68(103)48(4)97(8)83(117)63(36-52-28-30-55(31-29-52)54-22-13-10-14-23-54)92-81(115)75(50(6)101)95-78(112)60(49(5)100)41-70(105)64(43-99)93-77(59)111/h9-14,17,19-24,28-31,34,46-50,56-57,59-66,75,99-101H,15-16,18,25-27,32-33,35-45H2,1-8H3,(H3,86,87)(H2,88,106)(H,89,113)(H,90,107)(H,91,110)(H,92,115)(H,93,111)(H,94,114)(H,95,112)(H,108,109)/t47-,48-,49+,50+,56-,57+,59-,60-,61-,62-,63-,64-,65-,66-,75-/m0/s1. The van der Waals surface area contributed by atoms with Gasteiger partial charge >= 0.3 is 5.97 Å². The van der Waals surface area contributed by atoms with Gasteiger partial charge in [0, 0.05) is 76.8 Å². The molecule has 0 bridgehead atoms. The third-order valence-electron chi connectivity index (χ3n) is 21.4. The van der Waals surface area contributed by atoms with Crippen LogP contribution >= 0.6 is 11.8 Å². The van der Waals surface area contributed by atoms with Crippen molar-refractivity contribution in [3.63, 3.8) is 0 Å². The van der Waals surface area contributed by atoms with Gasteiger partial charge in [0.1, 0.15) is 42.1 Å². The predicted molar refractivity (Wildman–Crippen MR) is 437 cm³/mol. The Kier molecular flexibility index (Phi) is 38.0. The first-order valence-electron chi connectivity index (χ1n) is 39.6. The third-order valence-corrected chi connectivity index (χ3v) is 22.4. The Morgan fingerprint density at radius 3 is 1.72 bits per heavy atom. The van der Waals surface area contributed by atoms with Crippen LogP contribution in [0.1, 0.15) is 129 Å². The molecule has 0 aromatic heterocycles. The molecule has 2 heterocycles. The first-order chi connectivity index (χ1) is 56.3. The minimum atomic E-state index is -1.94. The fourth-order valence-electron chi connectivity index (χ4n) is 14.1. The molecule has 2 saturated heterocycles. The number of carboxylic acids is 1. The number of primary amides is 1. The molecule has 0 spiro atoms. The number of nitrogens with two attached hydrogens (primary N) is 2. The van der Waals surface area contributed by atoms with Gasteiger partial charge in [-0.1, -0.05) is 117 Å². The van der Waals surface area contributed by atoms with Crippen LogP contribution in [0.25, 0.3) is 11.1 Å². The Hall–Kier alpha value is -11.2. The number of amidine groups is 1. The van der Waals surface area contributed by atoms with E-state index in [1.807, 2.05) is 30.3 Å². The lowest BCUT2D eigenvalue weighted by atomic mass is 9.86. The summed E-state index contributed by atoms with van der Waals surface area (Å²) in [6.07, 6.45) is -7.74. The number of ketones is 4. The first-order valence-corrected chi connectivity index (χ1v) is 40.8. The Morgan fingerprint density at radius 2 is 1.13 bits per heavy atom. The van der Waals surface area contributed by atoms with Gasteiger partial charge in [0.2, 0.25) is 65.0 Å². The quantitative estimate of drug-likeness (QED) is 0.0316. The molecule has 2 fully saturated rings. The predicted octanol–water partition coefficient (Wildman–Crippen LogP) is 1.15. The third kappa shape index (κ3) is 29.7. The van der Waals surface area contributed by atoms with Crippen LogP contribution in [0.5, 0.6) is 0 Å². The van der Waals surface area contributed by atoms with E-state index < -0.39 is 247 Å². The van der Waals surface area contributed by atoms with Crippen molar-refractivity contribution >= 4 is 112 Å². The lowest BCUT2D eigenvalue weighted by molar-refractivity contribution is -0.146. The van der Waals surface area contributed by atoms with Crippen molar-refractivity contribution in [1.29, 1.82) is 5.41 Å². The number of hydrogen-bond donors (Lipinski definition) is 14. The number of fused-ring (bicyclic) bond motifs is 1. The van der Waals surface area contributed by atoms with Crippen LogP contribution in [-0.2, 0) is 96.0 Å². The molecule has 11 amide bonds. The number of Topliss-reactive ketones (excluding diaryl/α,β-unsaturated/α-hetero) is 4. The van der Waals surface area contributed by atoms with Crippen molar-refractivity contribution in [2.45, 2.75) is 198 Å². The second-order valence-corrected chi connectivity index (χ2v) is 31.9. The highest BCUT2D eigenvalue weighted by Crippen LogP contribution is 2.28. The summed E-state index contributed by atoms with van der Waals surface area (Å²) in [4.78, 5) is 232. The van der Waals surface area contributed by atoms with E-state index in [1.165, 1.54) is 40.1 Å². The summed E-state index contributed by atoms with van der Waals surface area (Å²) in [5.74, 6) is -24.0. The molecular weight excluding hydrogens is 1560 g/mol. The molecule has 15 atom stereocenters. The number of carboxylic acid groups (broad SMARTS) is 1. The van der Waals surface area contributed by atoms with E-state index in [4.69, 9.17) is 16.9 Å². The summed E-state index contributed by atoms with van der Waals surface area (Å²) in [7, 11) is 2.45. The zero-order chi connectivity index (χ0) is 88.1. The van der Waals surface area contributed by atoms with Crippen LogP contribution in [0.2, 0.25) is 0 Å².